The van der Waals surface area contributed by atoms with Crippen molar-refractivity contribution in [3.8, 4) is 16.9 Å². The second-order valence-electron chi connectivity index (χ2n) is 7.96. The van der Waals surface area contributed by atoms with Crippen LogP contribution in [0.1, 0.15) is 34.9 Å². The number of ether oxygens (including phenoxy) is 1. The minimum Gasteiger partial charge on any atom is -0.477 e. The van der Waals surface area contributed by atoms with Crippen LogP contribution >= 0.6 is 0 Å². The molecule has 2 aromatic carbocycles. The van der Waals surface area contributed by atoms with Gasteiger partial charge in [0.05, 0.1) is 11.2 Å². The summed E-state index contributed by atoms with van der Waals surface area (Å²) in [6, 6.07) is 12.2. The highest BCUT2D eigenvalue weighted by molar-refractivity contribution is 6.00. The monoisotopic (exact) mass is 437 g/mol. The van der Waals surface area contributed by atoms with Crippen LogP contribution in [-0.2, 0) is 11.8 Å². The molecule has 0 amide bonds. The Bertz CT molecular complexity index is 1320. The first kappa shape index (κ1) is 20.4. The molecule has 1 N–H and O–H groups in total. The molecule has 8 heteroatoms. The zero-order chi connectivity index (χ0) is 22.4. The molecule has 1 aliphatic rings. The van der Waals surface area contributed by atoms with Gasteiger partial charge in [-0.1, -0.05) is 0 Å². The van der Waals surface area contributed by atoms with Crippen molar-refractivity contribution in [2.75, 3.05) is 13.2 Å². The van der Waals surface area contributed by atoms with Crippen molar-refractivity contribution in [1.82, 2.24) is 14.3 Å². The summed E-state index contributed by atoms with van der Waals surface area (Å²) in [5.74, 6) is -1.76. The van der Waals surface area contributed by atoms with Crippen LogP contribution in [0.4, 0.5) is 8.78 Å². The Balaban J connectivity index is 1.87. The molecule has 4 aromatic rings. The predicted octanol–water partition coefficient (Wildman–Crippen LogP) is 4.90. The summed E-state index contributed by atoms with van der Waals surface area (Å²) in [5, 5.41) is 14.6. The van der Waals surface area contributed by atoms with Crippen LogP contribution < -0.4 is 0 Å². The largest absolute Gasteiger partial charge is 0.477 e. The van der Waals surface area contributed by atoms with Crippen molar-refractivity contribution in [2.45, 2.75) is 18.8 Å². The summed E-state index contributed by atoms with van der Waals surface area (Å²) in [5.41, 5.74) is 3.58. The minimum atomic E-state index is -1.09. The molecule has 0 bridgehead atoms. The van der Waals surface area contributed by atoms with Crippen LogP contribution in [0.3, 0.4) is 0 Å². The lowest BCUT2D eigenvalue weighted by atomic mass is 9.91. The number of carboxylic acid groups (broad SMARTS) is 1. The number of nitrogens with zero attached hydrogens (tertiary/aromatic N) is 3. The lowest BCUT2D eigenvalue weighted by Gasteiger charge is -2.25. The molecule has 164 valence electrons. The second-order valence-corrected chi connectivity index (χ2v) is 7.96. The van der Waals surface area contributed by atoms with Gasteiger partial charge >= 0.3 is 5.97 Å². The first-order valence-electron chi connectivity index (χ1n) is 10.4. The fourth-order valence-corrected chi connectivity index (χ4v) is 4.57. The van der Waals surface area contributed by atoms with Crippen molar-refractivity contribution in [2.24, 2.45) is 7.05 Å². The van der Waals surface area contributed by atoms with E-state index in [0.717, 1.165) is 29.7 Å². The highest BCUT2D eigenvalue weighted by atomic mass is 19.1. The van der Waals surface area contributed by atoms with E-state index in [1.807, 2.05) is 4.57 Å². The molecule has 2 aromatic heterocycles. The van der Waals surface area contributed by atoms with Gasteiger partial charge in [0.2, 0.25) is 0 Å². The Kier molecular flexibility index (Phi) is 5.01. The maximum Gasteiger partial charge on any atom is 0.354 e. The van der Waals surface area contributed by atoms with Crippen LogP contribution in [0, 0.1) is 11.6 Å². The minimum absolute atomic E-state index is 0.0389. The van der Waals surface area contributed by atoms with Gasteiger partial charge < -0.3 is 14.4 Å². The van der Waals surface area contributed by atoms with E-state index in [0.29, 0.717) is 29.9 Å². The molecule has 1 fully saturated rings. The Hall–Kier alpha value is -3.52. The number of benzene rings is 2. The number of hydrogen-bond donors (Lipinski definition) is 1. The van der Waals surface area contributed by atoms with Gasteiger partial charge in [0.25, 0.3) is 0 Å². The third-order valence-corrected chi connectivity index (χ3v) is 6.01. The fourth-order valence-electron chi connectivity index (χ4n) is 4.57. The van der Waals surface area contributed by atoms with E-state index >= 15 is 0 Å². The molecule has 0 spiro atoms. The zero-order valence-electron chi connectivity index (χ0n) is 17.4. The molecule has 5 rings (SSSR count). The predicted molar refractivity (Wildman–Crippen MR) is 115 cm³/mol. The van der Waals surface area contributed by atoms with Crippen molar-refractivity contribution < 1.29 is 23.4 Å². The SMILES string of the molecule is Cn1nc(-c2c(C3CCOCC3)n(-c3ccc(F)cc3)c3ccc(F)cc23)cc1C(=O)O. The van der Waals surface area contributed by atoms with Crippen LogP contribution in [0.5, 0.6) is 0 Å². The van der Waals surface area contributed by atoms with Gasteiger partial charge in [0.15, 0.2) is 0 Å². The summed E-state index contributed by atoms with van der Waals surface area (Å²) >= 11 is 0. The highest BCUT2D eigenvalue weighted by Gasteiger charge is 2.29. The Morgan fingerprint density at radius 3 is 2.41 bits per heavy atom. The molecule has 0 atom stereocenters. The van der Waals surface area contributed by atoms with Crippen molar-refractivity contribution in [3.05, 3.63) is 71.6 Å². The number of aryl methyl sites for hydroxylation is 1. The lowest BCUT2D eigenvalue weighted by molar-refractivity contribution is 0.0685. The molecular weight excluding hydrogens is 416 g/mol. The summed E-state index contributed by atoms with van der Waals surface area (Å²) in [7, 11) is 1.57. The van der Waals surface area contributed by atoms with E-state index < -0.39 is 11.8 Å². The van der Waals surface area contributed by atoms with E-state index in [2.05, 4.69) is 5.10 Å². The van der Waals surface area contributed by atoms with Gasteiger partial charge in [-0.2, -0.15) is 5.10 Å². The summed E-state index contributed by atoms with van der Waals surface area (Å²) in [6.07, 6.45) is 1.51. The zero-order valence-corrected chi connectivity index (χ0v) is 17.4. The number of carboxylic acids is 1. The highest BCUT2D eigenvalue weighted by Crippen LogP contribution is 2.43. The molecule has 1 saturated heterocycles. The maximum atomic E-state index is 14.4. The number of aromatic carboxylic acids is 1. The number of rotatable bonds is 4. The first-order chi connectivity index (χ1) is 15.4. The normalized spacial score (nSPS) is 14.8. The van der Waals surface area contributed by atoms with Crippen LogP contribution in [0.2, 0.25) is 0 Å². The number of carbonyl (C=O) groups is 1. The van der Waals surface area contributed by atoms with E-state index in [1.54, 1.807) is 25.2 Å². The molecule has 1 aliphatic heterocycles. The van der Waals surface area contributed by atoms with Crippen LogP contribution in [0.25, 0.3) is 27.8 Å². The topological polar surface area (TPSA) is 69.3 Å². The quantitative estimate of drug-likeness (QED) is 0.493. The van der Waals surface area contributed by atoms with E-state index in [4.69, 9.17) is 4.74 Å². The van der Waals surface area contributed by atoms with Crippen molar-refractivity contribution in [3.63, 3.8) is 0 Å². The average Bonchev–Trinajstić information content (AvgIpc) is 3.32. The van der Waals surface area contributed by atoms with Gasteiger partial charge in [-0.3, -0.25) is 4.68 Å². The van der Waals surface area contributed by atoms with Crippen LogP contribution in [0.15, 0.2) is 48.5 Å². The number of fused-ring (bicyclic) bond motifs is 1. The summed E-state index contributed by atoms with van der Waals surface area (Å²) < 4.78 is 36.9. The van der Waals surface area contributed by atoms with E-state index in [1.165, 1.54) is 35.0 Å². The van der Waals surface area contributed by atoms with Crippen molar-refractivity contribution in [1.29, 1.82) is 0 Å². The Labute approximate surface area is 182 Å². The molecule has 6 nitrogen and oxygen atoms in total. The number of hydrogen-bond acceptors (Lipinski definition) is 3. The van der Waals surface area contributed by atoms with E-state index in [9.17, 15) is 18.7 Å². The average molecular weight is 437 g/mol. The molecule has 32 heavy (non-hydrogen) atoms. The molecule has 3 heterocycles. The first-order valence-corrected chi connectivity index (χ1v) is 10.4. The van der Waals surface area contributed by atoms with Crippen LogP contribution in [-0.4, -0.2) is 38.6 Å². The Morgan fingerprint density at radius 1 is 1.06 bits per heavy atom. The fraction of sp³-hybridized carbons (Fsp3) is 0.250. The summed E-state index contributed by atoms with van der Waals surface area (Å²) in [6.45, 7) is 1.18. The molecule has 0 saturated carbocycles. The molecule has 0 aliphatic carbocycles. The molecule has 0 radical (unpaired) electrons. The van der Waals surface area contributed by atoms with Gasteiger partial charge in [-0.05, 0) is 61.4 Å². The standard InChI is InChI=1S/C24H21F2N3O3/c1-28-21(24(30)31)13-19(27-28)22-18-12-16(26)4-7-20(18)29(17-5-2-15(25)3-6-17)23(22)14-8-10-32-11-9-14/h2-7,12-14H,8-11H2,1H3,(H,30,31). The van der Waals surface area contributed by atoms with Crippen molar-refractivity contribution >= 4 is 16.9 Å². The lowest BCUT2D eigenvalue weighted by Crippen LogP contribution is -2.17. The second kappa shape index (κ2) is 7.87. The maximum absolute atomic E-state index is 14.4. The van der Waals surface area contributed by atoms with Gasteiger partial charge in [0, 0.05) is 48.5 Å². The Morgan fingerprint density at radius 2 is 1.75 bits per heavy atom. The molecular formula is C24H21F2N3O3. The van der Waals surface area contributed by atoms with Gasteiger partial charge in [-0.25, -0.2) is 13.6 Å². The van der Waals surface area contributed by atoms with Gasteiger partial charge in [0.1, 0.15) is 17.3 Å². The number of aromatic nitrogens is 3. The third-order valence-electron chi connectivity index (χ3n) is 6.01. The third kappa shape index (κ3) is 3.36. The molecule has 0 unspecified atom stereocenters. The van der Waals surface area contributed by atoms with Gasteiger partial charge in [-0.15, -0.1) is 0 Å². The van der Waals surface area contributed by atoms with E-state index in [-0.39, 0.29) is 17.4 Å². The number of halogens is 2. The summed E-state index contributed by atoms with van der Waals surface area (Å²) in [4.78, 5) is 11.7. The smallest absolute Gasteiger partial charge is 0.354 e.